The van der Waals surface area contributed by atoms with E-state index in [1.807, 2.05) is 24.3 Å². The van der Waals surface area contributed by atoms with Gasteiger partial charge in [0.15, 0.2) is 0 Å². The van der Waals surface area contributed by atoms with Crippen LogP contribution in [0.3, 0.4) is 0 Å². The van der Waals surface area contributed by atoms with E-state index < -0.39 is 10.0 Å². The molecule has 1 heterocycles. The molecule has 1 saturated heterocycles. The lowest BCUT2D eigenvalue weighted by Crippen LogP contribution is -2.36. The second-order valence-electron chi connectivity index (χ2n) is 9.96. The van der Waals surface area contributed by atoms with Crippen molar-refractivity contribution in [3.05, 3.63) is 102 Å². The normalized spacial score (nSPS) is 15.9. The molecule has 4 rings (SSSR count). The van der Waals surface area contributed by atoms with Crippen molar-refractivity contribution in [2.24, 2.45) is 0 Å². The average Bonchev–Trinajstić information content (AvgIpc) is 2.96. The molecule has 1 aliphatic heterocycles. The zero-order valence-corrected chi connectivity index (χ0v) is 23.1. The van der Waals surface area contributed by atoms with Gasteiger partial charge < -0.3 is 9.64 Å². The Kier molecular flexibility index (Phi) is 9.72. The summed E-state index contributed by atoms with van der Waals surface area (Å²) < 4.78 is 33.2. The van der Waals surface area contributed by atoms with Gasteiger partial charge in [0, 0.05) is 13.6 Å². The van der Waals surface area contributed by atoms with Gasteiger partial charge in [0.25, 0.3) is 0 Å². The van der Waals surface area contributed by atoms with Crippen LogP contribution in [0.5, 0.6) is 0 Å². The molecular weight excluding hydrogens is 496 g/mol. The number of rotatable bonds is 11. The van der Waals surface area contributed by atoms with Crippen molar-refractivity contribution < 1.29 is 17.9 Å². The van der Waals surface area contributed by atoms with Crippen molar-refractivity contribution in [3.8, 4) is 0 Å². The maximum Gasteiger partial charge on any atom is 0.338 e. The molecule has 3 aromatic carbocycles. The summed E-state index contributed by atoms with van der Waals surface area (Å²) in [5.74, 6) is 0.160. The van der Waals surface area contributed by atoms with E-state index in [4.69, 9.17) is 4.74 Å². The van der Waals surface area contributed by atoms with Crippen LogP contribution in [0, 0.1) is 0 Å². The molecule has 0 bridgehead atoms. The van der Waals surface area contributed by atoms with Gasteiger partial charge >= 0.3 is 5.97 Å². The minimum absolute atomic E-state index is 0.0697. The van der Waals surface area contributed by atoms with E-state index in [0.717, 1.165) is 44.5 Å². The predicted octanol–water partition coefficient (Wildman–Crippen LogP) is 5.54. The summed E-state index contributed by atoms with van der Waals surface area (Å²) in [5, 5.41) is 0. The lowest BCUT2D eigenvalue weighted by molar-refractivity contribution is 0.0526. The summed E-state index contributed by atoms with van der Waals surface area (Å²) in [4.78, 5) is 15.2. The summed E-state index contributed by atoms with van der Waals surface area (Å²) >= 11 is 0. The van der Waals surface area contributed by atoms with Crippen molar-refractivity contribution in [1.82, 2.24) is 9.21 Å². The molecule has 38 heavy (non-hydrogen) atoms. The Balaban J connectivity index is 1.48. The van der Waals surface area contributed by atoms with E-state index in [9.17, 15) is 13.2 Å². The van der Waals surface area contributed by atoms with Crippen molar-refractivity contribution in [1.29, 1.82) is 0 Å². The zero-order chi connectivity index (χ0) is 27.0. The second kappa shape index (κ2) is 13.2. The van der Waals surface area contributed by atoms with E-state index in [1.165, 1.54) is 9.87 Å². The number of likely N-dealkylation sites (tertiary alicyclic amines) is 1. The molecular formula is C31H38N2O4S. The van der Waals surface area contributed by atoms with Crippen LogP contribution in [-0.2, 0) is 14.8 Å². The fourth-order valence-corrected chi connectivity index (χ4v) is 6.47. The SMILES string of the molecule is CCOC(=O)c1cccc([C@@H](CCN2CCC(c3ccccc3)CC2)CN(C)S(=O)(=O)c2ccccc2)c1. The molecule has 1 aliphatic rings. The van der Waals surface area contributed by atoms with E-state index in [1.54, 1.807) is 44.3 Å². The molecule has 0 unspecified atom stereocenters. The van der Waals surface area contributed by atoms with Crippen LogP contribution in [0.25, 0.3) is 0 Å². The molecule has 1 fully saturated rings. The number of nitrogens with zero attached hydrogens (tertiary/aromatic N) is 2. The van der Waals surface area contributed by atoms with Gasteiger partial charge in [0.1, 0.15) is 0 Å². The molecule has 0 radical (unpaired) electrons. The maximum atomic E-state index is 13.3. The topological polar surface area (TPSA) is 66.9 Å². The fraction of sp³-hybridized carbons (Fsp3) is 0.387. The summed E-state index contributed by atoms with van der Waals surface area (Å²) in [5.41, 5.74) is 2.85. The highest BCUT2D eigenvalue weighted by Crippen LogP contribution is 2.30. The van der Waals surface area contributed by atoms with Crippen LogP contribution in [0.1, 0.15) is 59.5 Å². The number of carbonyl (C=O) groups is 1. The molecule has 202 valence electrons. The average molecular weight is 535 g/mol. The Hall–Kier alpha value is -3.00. The molecule has 0 aliphatic carbocycles. The van der Waals surface area contributed by atoms with Crippen LogP contribution >= 0.6 is 0 Å². The third-order valence-corrected chi connectivity index (χ3v) is 9.29. The summed E-state index contributed by atoms with van der Waals surface area (Å²) in [6.07, 6.45) is 3.03. The van der Waals surface area contributed by atoms with E-state index in [-0.39, 0.29) is 16.8 Å². The number of esters is 1. The molecule has 0 saturated carbocycles. The third kappa shape index (κ3) is 7.10. The Labute approximate surface area is 227 Å². The third-order valence-electron chi connectivity index (χ3n) is 7.45. The van der Waals surface area contributed by atoms with Gasteiger partial charge in [0.2, 0.25) is 10.0 Å². The number of hydrogen-bond donors (Lipinski definition) is 0. The van der Waals surface area contributed by atoms with Crippen molar-refractivity contribution in [3.63, 3.8) is 0 Å². The largest absolute Gasteiger partial charge is 0.462 e. The highest BCUT2D eigenvalue weighted by atomic mass is 32.2. The van der Waals surface area contributed by atoms with E-state index in [0.29, 0.717) is 24.6 Å². The molecule has 0 N–H and O–H groups in total. The highest BCUT2D eigenvalue weighted by molar-refractivity contribution is 7.89. The van der Waals surface area contributed by atoms with Crippen LogP contribution < -0.4 is 0 Å². The van der Waals surface area contributed by atoms with Gasteiger partial charge in [-0.25, -0.2) is 17.5 Å². The second-order valence-corrected chi connectivity index (χ2v) is 12.0. The van der Waals surface area contributed by atoms with Crippen LogP contribution in [-0.4, -0.2) is 63.4 Å². The minimum atomic E-state index is -3.63. The first-order chi connectivity index (χ1) is 18.4. The zero-order valence-electron chi connectivity index (χ0n) is 22.3. The Morgan fingerprint density at radius 3 is 2.29 bits per heavy atom. The van der Waals surface area contributed by atoms with Gasteiger partial charge in [-0.3, -0.25) is 0 Å². The Morgan fingerprint density at radius 1 is 0.974 bits per heavy atom. The van der Waals surface area contributed by atoms with Crippen LogP contribution in [0.2, 0.25) is 0 Å². The Morgan fingerprint density at radius 2 is 1.63 bits per heavy atom. The molecule has 0 amide bonds. The molecule has 6 nitrogen and oxygen atoms in total. The summed E-state index contributed by atoms with van der Waals surface area (Å²) in [6.45, 7) is 5.33. The number of likely N-dealkylation sites (N-methyl/N-ethyl adjacent to an activating group) is 1. The lowest BCUT2D eigenvalue weighted by atomic mass is 9.89. The summed E-state index contributed by atoms with van der Waals surface area (Å²) in [6, 6.07) is 26.7. The first-order valence-electron chi connectivity index (χ1n) is 13.4. The molecule has 7 heteroatoms. The molecule has 3 aromatic rings. The first-order valence-corrected chi connectivity index (χ1v) is 14.9. The number of ether oxygens (including phenoxy) is 1. The van der Waals surface area contributed by atoms with Gasteiger partial charge in [-0.1, -0.05) is 60.7 Å². The first kappa shape index (κ1) is 28.0. The maximum absolute atomic E-state index is 13.3. The predicted molar refractivity (Wildman–Crippen MR) is 151 cm³/mol. The smallest absolute Gasteiger partial charge is 0.338 e. The van der Waals surface area contributed by atoms with Crippen molar-refractivity contribution >= 4 is 16.0 Å². The highest BCUT2D eigenvalue weighted by Gasteiger charge is 2.27. The van der Waals surface area contributed by atoms with Crippen molar-refractivity contribution in [2.75, 3.05) is 39.8 Å². The Bertz CT molecular complexity index is 1270. The number of hydrogen-bond acceptors (Lipinski definition) is 5. The van der Waals surface area contributed by atoms with Gasteiger partial charge in [-0.15, -0.1) is 0 Å². The molecule has 1 atom stereocenters. The quantitative estimate of drug-likeness (QED) is 0.302. The van der Waals surface area contributed by atoms with Crippen molar-refractivity contribution in [2.45, 2.75) is 42.9 Å². The van der Waals surface area contributed by atoms with E-state index >= 15 is 0 Å². The number of piperidine rings is 1. The number of carbonyl (C=O) groups excluding carboxylic acids is 1. The number of sulfonamides is 1. The van der Waals surface area contributed by atoms with Gasteiger partial charge in [-0.05, 0) is 93.0 Å². The lowest BCUT2D eigenvalue weighted by Gasteiger charge is -2.33. The molecule has 0 aromatic heterocycles. The van der Waals surface area contributed by atoms with Crippen LogP contribution in [0.15, 0.2) is 89.8 Å². The monoisotopic (exact) mass is 534 g/mol. The van der Waals surface area contributed by atoms with Crippen LogP contribution in [0.4, 0.5) is 0 Å². The number of benzene rings is 3. The summed E-state index contributed by atoms with van der Waals surface area (Å²) in [7, 11) is -2.00. The fourth-order valence-electron chi connectivity index (χ4n) is 5.23. The van der Waals surface area contributed by atoms with Gasteiger partial charge in [-0.2, -0.15) is 0 Å². The minimum Gasteiger partial charge on any atom is -0.462 e. The standard InChI is InChI=1S/C31H38N2O4S/c1-3-37-31(34)28-14-10-13-27(23-28)29(24-32(2)38(35,36)30-15-8-5-9-16-30)19-22-33-20-17-26(18-21-33)25-11-6-4-7-12-25/h4-16,23,26,29H,3,17-22,24H2,1-2H3/t29-/m0/s1. The molecule has 0 spiro atoms. The van der Waals surface area contributed by atoms with E-state index in [2.05, 4.69) is 35.2 Å². The van der Waals surface area contributed by atoms with Gasteiger partial charge in [0.05, 0.1) is 17.1 Å².